The fourth-order valence-corrected chi connectivity index (χ4v) is 2.92. The fourth-order valence-electron chi connectivity index (χ4n) is 2.92. The standard InChI is InChI=1S/C22H19FN2O3/c23-16-3-1-15(2-4-16)13-22(26)25-18-7-5-17(6-8-18)24-19-9-10-20-21(14-19)28-12-11-27-20/h1-10,14,24H,11-13H2,(H,25,26). The zero-order valence-corrected chi connectivity index (χ0v) is 15.1. The van der Waals surface area contributed by atoms with Crippen LogP contribution in [-0.2, 0) is 11.2 Å². The molecular formula is C22H19FN2O3. The van der Waals surface area contributed by atoms with E-state index in [1.54, 1.807) is 12.1 Å². The van der Waals surface area contributed by atoms with Crippen LogP contribution in [0.3, 0.4) is 0 Å². The van der Waals surface area contributed by atoms with Gasteiger partial charge in [-0.15, -0.1) is 0 Å². The SMILES string of the molecule is O=C(Cc1ccc(F)cc1)Nc1ccc(Nc2ccc3c(c2)OCCO3)cc1. The number of hydrogen-bond acceptors (Lipinski definition) is 4. The van der Waals surface area contributed by atoms with Gasteiger partial charge >= 0.3 is 0 Å². The van der Waals surface area contributed by atoms with Crippen molar-refractivity contribution in [2.45, 2.75) is 6.42 Å². The van der Waals surface area contributed by atoms with E-state index in [-0.39, 0.29) is 18.1 Å². The molecule has 5 nitrogen and oxygen atoms in total. The van der Waals surface area contributed by atoms with Crippen LogP contribution in [-0.4, -0.2) is 19.1 Å². The zero-order chi connectivity index (χ0) is 19.3. The van der Waals surface area contributed by atoms with Crippen molar-refractivity contribution in [2.24, 2.45) is 0 Å². The van der Waals surface area contributed by atoms with E-state index in [9.17, 15) is 9.18 Å². The number of carbonyl (C=O) groups is 1. The normalized spacial score (nSPS) is 12.3. The van der Waals surface area contributed by atoms with Gasteiger partial charge < -0.3 is 20.1 Å². The monoisotopic (exact) mass is 378 g/mol. The first-order chi connectivity index (χ1) is 13.7. The van der Waals surface area contributed by atoms with Crippen molar-refractivity contribution < 1.29 is 18.7 Å². The van der Waals surface area contributed by atoms with E-state index in [1.165, 1.54) is 12.1 Å². The minimum absolute atomic E-state index is 0.154. The van der Waals surface area contributed by atoms with Crippen molar-refractivity contribution in [1.82, 2.24) is 0 Å². The quantitative estimate of drug-likeness (QED) is 0.685. The molecule has 1 amide bonds. The van der Waals surface area contributed by atoms with Gasteiger partial charge in [-0.3, -0.25) is 4.79 Å². The van der Waals surface area contributed by atoms with Gasteiger partial charge in [-0.1, -0.05) is 12.1 Å². The molecule has 0 aromatic heterocycles. The molecule has 0 saturated carbocycles. The Kier molecular flexibility index (Phi) is 5.10. The van der Waals surface area contributed by atoms with Crippen LogP contribution in [0.5, 0.6) is 11.5 Å². The maximum atomic E-state index is 12.9. The van der Waals surface area contributed by atoms with E-state index in [0.717, 1.165) is 28.4 Å². The third-order valence-electron chi connectivity index (χ3n) is 4.28. The summed E-state index contributed by atoms with van der Waals surface area (Å²) in [7, 11) is 0. The number of halogens is 1. The van der Waals surface area contributed by atoms with Crippen LogP contribution in [0.1, 0.15) is 5.56 Å². The molecule has 4 rings (SSSR count). The molecular weight excluding hydrogens is 359 g/mol. The summed E-state index contributed by atoms with van der Waals surface area (Å²) in [4.78, 5) is 12.1. The van der Waals surface area contributed by atoms with Gasteiger partial charge in [0.15, 0.2) is 11.5 Å². The van der Waals surface area contributed by atoms with E-state index in [2.05, 4.69) is 10.6 Å². The summed E-state index contributed by atoms with van der Waals surface area (Å²) in [6, 6.07) is 19.0. The molecule has 1 heterocycles. The van der Waals surface area contributed by atoms with Gasteiger partial charge in [0.1, 0.15) is 19.0 Å². The number of rotatable bonds is 5. The number of benzene rings is 3. The second-order valence-electron chi connectivity index (χ2n) is 6.41. The van der Waals surface area contributed by atoms with E-state index in [0.29, 0.717) is 18.9 Å². The fraction of sp³-hybridized carbons (Fsp3) is 0.136. The highest BCUT2D eigenvalue weighted by Gasteiger charge is 2.11. The Labute approximate surface area is 162 Å². The summed E-state index contributed by atoms with van der Waals surface area (Å²) >= 11 is 0. The number of nitrogens with one attached hydrogen (secondary N) is 2. The molecule has 0 spiro atoms. The lowest BCUT2D eigenvalue weighted by atomic mass is 10.1. The van der Waals surface area contributed by atoms with Gasteiger partial charge in [0.05, 0.1) is 6.42 Å². The van der Waals surface area contributed by atoms with Crippen LogP contribution >= 0.6 is 0 Å². The third kappa shape index (κ3) is 4.40. The van der Waals surface area contributed by atoms with Gasteiger partial charge in [-0.25, -0.2) is 4.39 Å². The van der Waals surface area contributed by atoms with Crippen molar-refractivity contribution in [3.63, 3.8) is 0 Å². The van der Waals surface area contributed by atoms with Crippen LogP contribution in [0.4, 0.5) is 21.5 Å². The third-order valence-corrected chi connectivity index (χ3v) is 4.28. The Morgan fingerprint density at radius 2 is 1.46 bits per heavy atom. The molecule has 3 aromatic rings. The van der Waals surface area contributed by atoms with Crippen molar-refractivity contribution in [3.8, 4) is 11.5 Å². The molecule has 1 aliphatic heterocycles. The summed E-state index contributed by atoms with van der Waals surface area (Å²) in [5.74, 6) is 1.00. The average molecular weight is 378 g/mol. The van der Waals surface area contributed by atoms with E-state index in [1.807, 2.05) is 42.5 Å². The molecule has 6 heteroatoms. The highest BCUT2D eigenvalue weighted by Crippen LogP contribution is 2.33. The Hall–Kier alpha value is -3.54. The number of amides is 1. The lowest BCUT2D eigenvalue weighted by Crippen LogP contribution is -2.15. The van der Waals surface area contributed by atoms with Crippen molar-refractivity contribution in [1.29, 1.82) is 0 Å². The molecule has 0 saturated heterocycles. The van der Waals surface area contributed by atoms with Gasteiger partial charge in [0, 0.05) is 23.1 Å². The summed E-state index contributed by atoms with van der Waals surface area (Å²) in [5, 5.41) is 6.14. The second-order valence-corrected chi connectivity index (χ2v) is 6.41. The van der Waals surface area contributed by atoms with Gasteiger partial charge in [-0.2, -0.15) is 0 Å². The Morgan fingerprint density at radius 1 is 0.821 bits per heavy atom. The molecule has 0 radical (unpaired) electrons. The maximum absolute atomic E-state index is 12.9. The number of ether oxygens (including phenoxy) is 2. The molecule has 0 atom stereocenters. The minimum Gasteiger partial charge on any atom is -0.486 e. The molecule has 0 bridgehead atoms. The molecule has 142 valence electrons. The van der Waals surface area contributed by atoms with E-state index < -0.39 is 0 Å². The first-order valence-electron chi connectivity index (χ1n) is 8.97. The topological polar surface area (TPSA) is 59.6 Å². The lowest BCUT2D eigenvalue weighted by Gasteiger charge is -2.19. The summed E-state index contributed by atoms with van der Waals surface area (Å²) in [6.07, 6.45) is 0.192. The minimum atomic E-state index is -0.315. The number of hydrogen-bond donors (Lipinski definition) is 2. The number of carbonyl (C=O) groups excluding carboxylic acids is 1. The van der Waals surface area contributed by atoms with Crippen LogP contribution in [0, 0.1) is 5.82 Å². The van der Waals surface area contributed by atoms with Gasteiger partial charge in [0.2, 0.25) is 5.91 Å². The average Bonchev–Trinajstić information content (AvgIpc) is 2.71. The predicted molar refractivity (Wildman–Crippen MR) is 106 cm³/mol. The molecule has 0 unspecified atom stereocenters. The van der Waals surface area contributed by atoms with Crippen LogP contribution < -0.4 is 20.1 Å². The van der Waals surface area contributed by atoms with Gasteiger partial charge in [0.25, 0.3) is 0 Å². The van der Waals surface area contributed by atoms with Gasteiger partial charge in [-0.05, 0) is 54.1 Å². The van der Waals surface area contributed by atoms with E-state index in [4.69, 9.17) is 9.47 Å². The lowest BCUT2D eigenvalue weighted by molar-refractivity contribution is -0.115. The zero-order valence-electron chi connectivity index (χ0n) is 15.1. The first kappa shape index (κ1) is 17.9. The van der Waals surface area contributed by atoms with Crippen molar-refractivity contribution in [3.05, 3.63) is 78.1 Å². The molecule has 3 aromatic carbocycles. The van der Waals surface area contributed by atoms with Crippen molar-refractivity contribution >= 4 is 23.0 Å². The largest absolute Gasteiger partial charge is 0.486 e. The second kappa shape index (κ2) is 8.00. The summed E-state index contributed by atoms with van der Waals surface area (Å²) in [5.41, 5.74) is 3.22. The maximum Gasteiger partial charge on any atom is 0.228 e. The number of anilines is 3. The molecule has 1 aliphatic rings. The highest BCUT2D eigenvalue weighted by atomic mass is 19.1. The molecule has 2 N–H and O–H groups in total. The first-order valence-corrected chi connectivity index (χ1v) is 8.97. The van der Waals surface area contributed by atoms with E-state index >= 15 is 0 Å². The summed E-state index contributed by atoms with van der Waals surface area (Å²) in [6.45, 7) is 1.11. The number of fused-ring (bicyclic) bond motifs is 1. The van der Waals surface area contributed by atoms with Crippen LogP contribution in [0.15, 0.2) is 66.7 Å². The molecule has 28 heavy (non-hydrogen) atoms. The summed E-state index contributed by atoms with van der Waals surface area (Å²) < 4.78 is 24.0. The Morgan fingerprint density at radius 3 is 2.21 bits per heavy atom. The van der Waals surface area contributed by atoms with Crippen LogP contribution in [0.2, 0.25) is 0 Å². The smallest absolute Gasteiger partial charge is 0.228 e. The Bertz CT molecular complexity index is 972. The Balaban J connectivity index is 1.35. The predicted octanol–water partition coefficient (Wildman–Crippen LogP) is 4.52. The highest BCUT2D eigenvalue weighted by molar-refractivity contribution is 5.92. The molecule has 0 aliphatic carbocycles. The van der Waals surface area contributed by atoms with Crippen LogP contribution in [0.25, 0.3) is 0 Å². The van der Waals surface area contributed by atoms with Crippen molar-refractivity contribution in [2.75, 3.05) is 23.8 Å². The molecule has 0 fully saturated rings.